The zero-order valence-electron chi connectivity index (χ0n) is 10.8. The highest BCUT2D eigenvalue weighted by Crippen LogP contribution is 2.22. The fourth-order valence-electron chi connectivity index (χ4n) is 1.64. The van der Waals surface area contributed by atoms with Gasteiger partial charge in [0.25, 0.3) is 0 Å². The minimum Gasteiger partial charge on any atom is -0.490 e. The molecule has 0 bridgehead atoms. The van der Waals surface area contributed by atoms with Gasteiger partial charge in [-0.05, 0) is 19.0 Å². The molecular formula is C14H22FNO. The van der Waals surface area contributed by atoms with Crippen LogP contribution in [-0.4, -0.2) is 13.2 Å². The molecule has 1 aromatic carbocycles. The first-order valence-electron chi connectivity index (χ1n) is 6.40. The quantitative estimate of drug-likeness (QED) is 0.701. The van der Waals surface area contributed by atoms with Crippen LogP contribution in [0, 0.1) is 5.82 Å². The Kier molecular flexibility index (Phi) is 6.63. The van der Waals surface area contributed by atoms with Crippen LogP contribution >= 0.6 is 0 Å². The summed E-state index contributed by atoms with van der Waals surface area (Å²) in [6, 6.07) is 5.08. The molecular weight excluding hydrogens is 217 g/mol. The number of rotatable bonds is 8. The van der Waals surface area contributed by atoms with Gasteiger partial charge in [0.05, 0.1) is 6.61 Å². The van der Waals surface area contributed by atoms with Gasteiger partial charge in [0.2, 0.25) is 0 Å². The van der Waals surface area contributed by atoms with E-state index in [0.717, 1.165) is 31.4 Å². The van der Waals surface area contributed by atoms with Gasteiger partial charge in [-0.25, -0.2) is 4.39 Å². The van der Waals surface area contributed by atoms with Crippen molar-refractivity contribution in [3.63, 3.8) is 0 Å². The molecule has 0 amide bonds. The van der Waals surface area contributed by atoms with E-state index in [9.17, 15) is 4.39 Å². The number of ether oxygens (including phenoxy) is 1. The van der Waals surface area contributed by atoms with E-state index in [1.165, 1.54) is 6.07 Å². The largest absolute Gasteiger partial charge is 0.490 e. The van der Waals surface area contributed by atoms with Crippen LogP contribution in [0.25, 0.3) is 0 Å². The molecule has 0 radical (unpaired) electrons. The van der Waals surface area contributed by atoms with Gasteiger partial charge in [0.15, 0.2) is 11.6 Å². The van der Waals surface area contributed by atoms with Crippen molar-refractivity contribution in [2.24, 2.45) is 0 Å². The van der Waals surface area contributed by atoms with Gasteiger partial charge in [0.1, 0.15) is 0 Å². The second-order valence-corrected chi connectivity index (χ2v) is 4.06. The van der Waals surface area contributed by atoms with Crippen molar-refractivity contribution in [2.45, 2.75) is 39.7 Å². The Morgan fingerprint density at radius 2 is 2.06 bits per heavy atom. The fraction of sp³-hybridized carbons (Fsp3) is 0.571. The molecule has 1 rings (SSSR count). The highest BCUT2D eigenvalue weighted by atomic mass is 19.1. The third-order valence-electron chi connectivity index (χ3n) is 2.61. The predicted octanol–water partition coefficient (Wildman–Crippen LogP) is 3.50. The van der Waals surface area contributed by atoms with E-state index in [1.54, 1.807) is 6.07 Å². The lowest BCUT2D eigenvalue weighted by atomic mass is 10.2. The average Bonchev–Trinajstić information content (AvgIpc) is 2.34. The Hall–Kier alpha value is -1.09. The van der Waals surface area contributed by atoms with Gasteiger partial charge in [-0.2, -0.15) is 0 Å². The van der Waals surface area contributed by atoms with E-state index in [4.69, 9.17) is 4.74 Å². The Morgan fingerprint density at radius 3 is 2.76 bits per heavy atom. The average molecular weight is 239 g/mol. The lowest BCUT2D eigenvalue weighted by Gasteiger charge is -2.12. The van der Waals surface area contributed by atoms with Gasteiger partial charge in [-0.3, -0.25) is 0 Å². The second-order valence-electron chi connectivity index (χ2n) is 4.06. The van der Waals surface area contributed by atoms with Gasteiger partial charge >= 0.3 is 0 Å². The minimum atomic E-state index is -0.267. The van der Waals surface area contributed by atoms with Crippen LogP contribution < -0.4 is 10.1 Å². The van der Waals surface area contributed by atoms with E-state index >= 15 is 0 Å². The van der Waals surface area contributed by atoms with Crippen LogP contribution in [0.15, 0.2) is 18.2 Å². The first kappa shape index (κ1) is 14.0. The monoisotopic (exact) mass is 239 g/mol. The van der Waals surface area contributed by atoms with Crippen LogP contribution in [0.3, 0.4) is 0 Å². The van der Waals surface area contributed by atoms with Crippen molar-refractivity contribution in [1.29, 1.82) is 0 Å². The molecule has 17 heavy (non-hydrogen) atoms. The SMILES string of the molecule is CCCCCOc1c(F)cccc1CNCC. The number of unbranched alkanes of at least 4 members (excludes halogenated alkanes) is 2. The van der Waals surface area contributed by atoms with Crippen molar-refractivity contribution >= 4 is 0 Å². The maximum Gasteiger partial charge on any atom is 0.165 e. The van der Waals surface area contributed by atoms with Gasteiger partial charge in [-0.15, -0.1) is 0 Å². The Morgan fingerprint density at radius 1 is 1.24 bits per heavy atom. The fourth-order valence-corrected chi connectivity index (χ4v) is 1.64. The molecule has 96 valence electrons. The molecule has 0 aliphatic carbocycles. The van der Waals surface area contributed by atoms with E-state index in [2.05, 4.69) is 12.2 Å². The highest BCUT2D eigenvalue weighted by Gasteiger charge is 2.08. The molecule has 0 unspecified atom stereocenters. The van der Waals surface area contributed by atoms with Crippen LogP contribution in [0.1, 0.15) is 38.7 Å². The van der Waals surface area contributed by atoms with E-state index in [-0.39, 0.29) is 5.82 Å². The number of nitrogens with one attached hydrogen (secondary N) is 1. The summed E-state index contributed by atoms with van der Waals surface area (Å²) < 4.78 is 19.2. The molecule has 0 heterocycles. The van der Waals surface area contributed by atoms with Crippen molar-refractivity contribution in [1.82, 2.24) is 5.32 Å². The lowest BCUT2D eigenvalue weighted by molar-refractivity contribution is 0.287. The molecule has 0 aliphatic heterocycles. The van der Waals surface area contributed by atoms with E-state index in [0.29, 0.717) is 18.9 Å². The van der Waals surface area contributed by atoms with Crippen molar-refractivity contribution in [2.75, 3.05) is 13.2 Å². The van der Waals surface area contributed by atoms with Crippen LogP contribution in [0.5, 0.6) is 5.75 Å². The number of halogens is 1. The molecule has 0 aliphatic rings. The first-order valence-corrected chi connectivity index (χ1v) is 6.40. The second kappa shape index (κ2) is 8.07. The summed E-state index contributed by atoms with van der Waals surface area (Å²) in [4.78, 5) is 0. The zero-order valence-corrected chi connectivity index (χ0v) is 10.8. The van der Waals surface area contributed by atoms with Crippen LogP contribution in [0.4, 0.5) is 4.39 Å². The topological polar surface area (TPSA) is 21.3 Å². The number of hydrogen-bond donors (Lipinski definition) is 1. The third-order valence-corrected chi connectivity index (χ3v) is 2.61. The maximum absolute atomic E-state index is 13.6. The molecule has 0 saturated heterocycles. The van der Waals surface area contributed by atoms with Crippen molar-refractivity contribution in [3.8, 4) is 5.75 Å². The van der Waals surface area contributed by atoms with Gasteiger partial charge < -0.3 is 10.1 Å². The number of benzene rings is 1. The molecule has 2 nitrogen and oxygen atoms in total. The number of para-hydroxylation sites is 1. The standard InChI is InChI=1S/C14H22FNO/c1-3-5-6-10-17-14-12(11-16-4-2)8-7-9-13(14)15/h7-9,16H,3-6,10-11H2,1-2H3. The Labute approximate surface area is 103 Å². The normalized spacial score (nSPS) is 10.5. The number of hydrogen-bond acceptors (Lipinski definition) is 2. The van der Waals surface area contributed by atoms with Crippen LogP contribution in [0.2, 0.25) is 0 Å². The molecule has 0 aromatic heterocycles. The van der Waals surface area contributed by atoms with Crippen molar-refractivity contribution < 1.29 is 9.13 Å². The van der Waals surface area contributed by atoms with E-state index in [1.807, 2.05) is 13.0 Å². The minimum absolute atomic E-state index is 0.267. The Balaban J connectivity index is 2.60. The summed E-state index contributed by atoms with van der Waals surface area (Å²) in [5, 5.41) is 3.19. The van der Waals surface area contributed by atoms with Gasteiger partial charge in [0, 0.05) is 12.1 Å². The third kappa shape index (κ3) is 4.73. The van der Waals surface area contributed by atoms with Crippen molar-refractivity contribution in [3.05, 3.63) is 29.6 Å². The molecule has 0 fully saturated rings. The molecule has 0 atom stereocenters. The summed E-state index contributed by atoms with van der Waals surface area (Å²) >= 11 is 0. The summed E-state index contributed by atoms with van der Waals surface area (Å²) in [5.74, 6) is 0.140. The molecule has 1 N–H and O–H groups in total. The predicted molar refractivity (Wildman–Crippen MR) is 68.8 cm³/mol. The smallest absolute Gasteiger partial charge is 0.165 e. The lowest BCUT2D eigenvalue weighted by Crippen LogP contribution is -2.13. The summed E-state index contributed by atoms with van der Waals surface area (Å²) in [5.41, 5.74) is 0.892. The molecule has 0 spiro atoms. The molecule has 0 saturated carbocycles. The van der Waals surface area contributed by atoms with Gasteiger partial charge in [-0.1, -0.05) is 38.8 Å². The zero-order chi connectivity index (χ0) is 12.5. The Bertz CT molecular complexity index is 328. The first-order chi connectivity index (χ1) is 8.29. The summed E-state index contributed by atoms with van der Waals surface area (Å²) in [6.45, 7) is 6.28. The summed E-state index contributed by atoms with van der Waals surface area (Å²) in [7, 11) is 0. The van der Waals surface area contributed by atoms with E-state index < -0.39 is 0 Å². The summed E-state index contributed by atoms with van der Waals surface area (Å²) in [6.07, 6.45) is 3.24. The maximum atomic E-state index is 13.6. The van der Waals surface area contributed by atoms with Crippen LogP contribution in [-0.2, 0) is 6.54 Å². The highest BCUT2D eigenvalue weighted by molar-refractivity contribution is 5.34. The molecule has 3 heteroatoms. The molecule has 1 aromatic rings.